The van der Waals surface area contributed by atoms with Gasteiger partial charge in [0.1, 0.15) is 5.69 Å². The highest BCUT2D eigenvalue weighted by Crippen LogP contribution is 2.06. The fourth-order valence-corrected chi connectivity index (χ4v) is 2.00. The van der Waals surface area contributed by atoms with Gasteiger partial charge in [-0.2, -0.15) is 5.10 Å². The largest absolute Gasteiger partial charge is 0.349 e. The Balaban J connectivity index is 1.81. The monoisotopic (exact) mass is 222 g/mol. The number of nitrogens with one attached hydrogen (secondary N) is 2. The molecule has 5 heteroatoms. The number of piperidine rings is 1. The van der Waals surface area contributed by atoms with Gasteiger partial charge in [0, 0.05) is 25.8 Å². The number of nitrogens with zero attached hydrogens (tertiary/aromatic N) is 2. The molecule has 5 nitrogen and oxygen atoms in total. The van der Waals surface area contributed by atoms with Crippen LogP contribution in [0, 0.1) is 0 Å². The van der Waals surface area contributed by atoms with E-state index in [-0.39, 0.29) is 5.91 Å². The Morgan fingerprint density at radius 3 is 3.19 bits per heavy atom. The van der Waals surface area contributed by atoms with E-state index in [1.807, 2.05) is 0 Å². The van der Waals surface area contributed by atoms with Crippen LogP contribution in [0.5, 0.6) is 0 Å². The lowest BCUT2D eigenvalue weighted by molar-refractivity contribution is 0.0938. The Morgan fingerprint density at radius 2 is 2.56 bits per heavy atom. The molecule has 1 aromatic heterocycles. The SMILES string of the molecule is Cn1nccc1C(=O)NCC1CCCCN1. The third-order valence-electron chi connectivity index (χ3n) is 2.97. The zero-order valence-electron chi connectivity index (χ0n) is 9.57. The van der Waals surface area contributed by atoms with Gasteiger partial charge in [0.2, 0.25) is 0 Å². The highest BCUT2D eigenvalue weighted by molar-refractivity contribution is 5.92. The Morgan fingerprint density at radius 1 is 1.69 bits per heavy atom. The average molecular weight is 222 g/mol. The zero-order valence-corrected chi connectivity index (χ0v) is 9.57. The van der Waals surface area contributed by atoms with Crippen molar-refractivity contribution in [2.45, 2.75) is 25.3 Å². The molecule has 0 bridgehead atoms. The molecule has 1 saturated heterocycles. The Hall–Kier alpha value is -1.36. The minimum absolute atomic E-state index is 0.0487. The van der Waals surface area contributed by atoms with E-state index in [2.05, 4.69) is 15.7 Å². The second kappa shape index (κ2) is 5.12. The molecule has 1 fully saturated rings. The molecule has 0 radical (unpaired) electrons. The van der Waals surface area contributed by atoms with Crippen LogP contribution in [0.25, 0.3) is 0 Å². The summed E-state index contributed by atoms with van der Waals surface area (Å²) in [6.45, 7) is 1.76. The lowest BCUT2D eigenvalue weighted by Gasteiger charge is -2.23. The van der Waals surface area contributed by atoms with Crippen LogP contribution < -0.4 is 10.6 Å². The second-order valence-electron chi connectivity index (χ2n) is 4.20. The maximum atomic E-state index is 11.8. The van der Waals surface area contributed by atoms with Crippen LogP contribution in [-0.2, 0) is 7.05 Å². The summed E-state index contributed by atoms with van der Waals surface area (Å²) in [5.74, 6) is -0.0487. The van der Waals surface area contributed by atoms with Crippen LogP contribution in [0.15, 0.2) is 12.3 Å². The van der Waals surface area contributed by atoms with Crippen LogP contribution in [0.1, 0.15) is 29.8 Å². The van der Waals surface area contributed by atoms with Crippen LogP contribution in [0.2, 0.25) is 0 Å². The van der Waals surface area contributed by atoms with Gasteiger partial charge in [-0.3, -0.25) is 9.48 Å². The number of aromatic nitrogens is 2. The van der Waals surface area contributed by atoms with Gasteiger partial charge in [0.15, 0.2) is 0 Å². The topological polar surface area (TPSA) is 59.0 Å². The molecule has 1 amide bonds. The van der Waals surface area contributed by atoms with Crippen molar-refractivity contribution >= 4 is 5.91 Å². The molecule has 0 saturated carbocycles. The Kier molecular flexibility index (Phi) is 3.56. The summed E-state index contributed by atoms with van der Waals surface area (Å²) >= 11 is 0. The Bertz CT molecular complexity index is 355. The molecule has 2 N–H and O–H groups in total. The summed E-state index contributed by atoms with van der Waals surface area (Å²) in [5.41, 5.74) is 0.607. The fourth-order valence-electron chi connectivity index (χ4n) is 2.00. The maximum Gasteiger partial charge on any atom is 0.269 e. The van der Waals surface area contributed by atoms with Gasteiger partial charge in [0.25, 0.3) is 5.91 Å². The van der Waals surface area contributed by atoms with E-state index >= 15 is 0 Å². The van der Waals surface area contributed by atoms with E-state index in [9.17, 15) is 4.79 Å². The van der Waals surface area contributed by atoms with Gasteiger partial charge >= 0.3 is 0 Å². The number of aryl methyl sites for hydroxylation is 1. The van der Waals surface area contributed by atoms with Crippen molar-refractivity contribution in [1.29, 1.82) is 0 Å². The molecule has 16 heavy (non-hydrogen) atoms. The predicted molar refractivity (Wildman–Crippen MR) is 61.2 cm³/mol. The number of rotatable bonds is 3. The first kappa shape index (κ1) is 11.1. The van der Waals surface area contributed by atoms with Crippen LogP contribution in [0.3, 0.4) is 0 Å². The highest BCUT2D eigenvalue weighted by atomic mass is 16.2. The molecule has 0 aliphatic carbocycles. The minimum Gasteiger partial charge on any atom is -0.349 e. The van der Waals surface area contributed by atoms with E-state index in [0.717, 1.165) is 13.0 Å². The summed E-state index contributed by atoms with van der Waals surface area (Å²) in [6, 6.07) is 2.15. The standard InChI is InChI=1S/C11H18N4O/c1-15-10(5-7-14-15)11(16)13-8-9-4-2-3-6-12-9/h5,7,9,12H,2-4,6,8H2,1H3,(H,13,16). The van der Waals surface area contributed by atoms with Crippen molar-refractivity contribution in [3.8, 4) is 0 Å². The summed E-state index contributed by atoms with van der Waals surface area (Å²) in [4.78, 5) is 11.8. The third-order valence-corrected chi connectivity index (χ3v) is 2.97. The molecule has 2 rings (SSSR count). The lowest BCUT2D eigenvalue weighted by Crippen LogP contribution is -2.43. The number of hydrogen-bond acceptors (Lipinski definition) is 3. The van der Waals surface area contributed by atoms with Crippen molar-refractivity contribution in [2.75, 3.05) is 13.1 Å². The predicted octanol–water partition coefficient (Wildman–Crippen LogP) is 0.292. The first-order chi connectivity index (χ1) is 7.77. The number of carbonyl (C=O) groups is 1. The van der Waals surface area contributed by atoms with E-state index in [1.165, 1.54) is 12.8 Å². The molecule has 0 spiro atoms. The van der Waals surface area contributed by atoms with E-state index in [4.69, 9.17) is 0 Å². The van der Waals surface area contributed by atoms with E-state index in [1.54, 1.807) is 24.0 Å². The summed E-state index contributed by atoms with van der Waals surface area (Å²) in [7, 11) is 1.77. The van der Waals surface area contributed by atoms with Crippen LogP contribution in [-0.4, -0.2) is 34.8 Å². The van der Waals surface area contributed by atoms with Crippen molar-refractivity contribution < 1.29 is 4.79 Å². The summed E-state index contributed by atoms with van der Waals surface area (Å²) < 4.78 is 1.59. The molecule has 1 aromatic rings. The number of hydrogen-bond donors (Lipinski definition) is 2. The minimum atomic E-state index is -0.0487. The van der Waals surface area contributed by atoms with Crippen molar-refractivity contribution in [3.05, 3.63) is 18.0 Å². The summed E-state index contributed by atoms with van der Waals surface area (Å²) in [6.07, 6.45) is 5.27. The molecule has 88 valence electrons. The number of carbonyl (C=O) groups excluding carboxylic acids is 1. The first-order valence-electron chi connectivity index (χ1n) is 5.77. The fraction of sp³-hybridized carbons (Fsp3) is 0.636. The van der Waals surface area contributed by atoms with Gasteiger partial charge < -0.3 is 10.6 Å². The van der Waals surface area contributed by atoms with Crippen molar-refractivity contribution in [1.82, 2.24) is 20.4 Å². The molecular formula is C11H18N4O. The molecule has 2 heterocycles. The highest BCUT2D eigenvalue weighted by Gasteiger charge is 2.15. The molecule has 1 aliphatic rings. The van der Waals surface area contributed by atoms with Gasteiger partial charge in [-0.05, 0) is 25.5 Å². The van der Waals surface area contributed by atoms with Crippen LogP contribution >= 0.6 is 0 Å². The first-order valence-corrected chi connectivity index (χ1v) is 5.77. The second-order valence-corrected chi connectivity index (χ2v) is 4.20. The van der Waals surface area contributed by atoms with E-state index in [0.29, 0.717) is 18.3 Å². The molecule has 1 aliphatic heterocycles. The normalized spacial score (nSPS) is 20.7. The maximum absolute atomic E-state index is 11.8. The summed E-state index contributed by atoms with van der Waals surface area (Å²) in [5, 5.41) is 10.3. The quantitative estimate of drug-likeness (QED) is 0.773. The smallest absolute Gasteiger partial charge is 0.269 e. The van der Waals surface area contributed by atoms with Gasteiger partial charge in [-0.15, -0.1) is 0 Å². The third kappa shape index (κ3) is 2.61. The van der Waals surface area contributed by atoms with Crippen LogP contribution in [0.4, 0.5) is 0 Å². The van der Waals surface area contributed by atoms with Crippen molar-refractivity contribution in [3.63, 3.8) is 0 Å². The zero-order chi connectivity index (χ0) is 11.4. The molecule has 0 aromatic carbocycles. The average Bonchev–Trinajstić information content (AvgIpc) is 2.74. The Labute approximate surface area is 95.2 Å². The lowest BCUT2D eigenvalue weighted by atomic mass is 10.1. The van der Waals surface area contributed by atoms with Gasteiger partial charge in [-0.1, -0.05) is 6.42 Å². The van der Waals surface area contributed by atoms with Gasteiger partial charge in [0.05, 0.1) is 0 Å². The molecule has 1 unspecified atom stereocenters. The van der Waals surface area contributed by atoms with Crippen molar-refractivity contribution in [2.24, 2.45) is 7.05 Å². The molecular weight excluding hydrogens is 204 g/mol. The van der Waals surface area contributed by atoms with Gasteiger partial charge in [-0.25, -0.2) is 0 Å². The molecule has 1 atom stereocenters. The van der Waals surface area contributed by atoms with E-state index < -0.39 is 0 Å². The number of amides is 1.